The van der Waals surface area contributed by atoms with Crippen molar-refractivity contribution in [2.75, 3.05) is 26.2 Å². The first-order valence-electron chi connectivity index (χ1n) is 5.93. The Morgan fingerprint density at radius 3 is 1.12 bits per heavy atom. The zero-order valence-corrected chi connectivity index (χ0v) is 11.8. The Morgan fingerprint density at radius 1 is 0.824 bits per heavy atom. The molecule has 1 unspecified atom stereocenters. The summed E-state index contributed by atoms with van der Waals surface area (Å²) < 4.78 is 24.1. The maximum atomic E-state index is 8.56. The van der Waals surface area contributed by atoms with Crippen LogP contribution in [0.3, 0.4) is 0 Å². The second-order valence-corrected chi connectivity index (χ2v) is 4.27. The second kappa shape index (κ2) is 16.3. The van der Waals surface area contributed by atoms with Crippen LogP contribution in [0.5, 0.6) is 0 Å². The minimum Gasteiger partial charge on any atom is -0.750 e. The van der Waals surface area contributed by atoms with E-state index in [9.17, 15) is 0 Å². The van der Waals surface area contributed by atoms with E-state index < -0.39 is 11.4 Å². The third kappa shape index (κ3) is 22.0. The summed E-state index contributed by atoms with van der Waals surface area (Å²) in [5.74, 6) is 0. The highest BCUT2D eigenvalue weighted by atomic mass is 35.5. The molecule has 0 aromatic rings. The van der Waals surface area contributed by atoms with Crippen LogP contribution in [0.2, 0.25) is 0 Å². The molecule has 17 heavy (non-hydrogen) atoms. The van der Waals surface area contributed by atoms with Gasteiger partial charge in [0, 0.05) is 0 Å². The van der Waals surface area contributed by atoms with Crippen molar-refractivity contribution in [3.8, 4) is 0 Å². The van der Waals surface area contributed by atoms with Gasteiger partial charge in [-0.3, -0.25) is 0 Å². The number of nitrogens with one attached hydrogen (secondary N) is 2. The Hall–Kier alpha value is 0.280. The Kier molecular flexibility index (Phi) is 18.8. The summed E-state index contributed by atoms with van der Waals surface area (Å²) in [4.78, 5) is 0. The van der Waals surface area contributed by atoms with Crippen molar-refractivity contribution in [3.05, 3.63) is 0 Å². The van der Waals surface area contributed by atoms with Crippen LogP contribution < -0.4 is 10.6 Å². The maximum Gasteiger partial charge on any atom is 0.0814 e. The molecule has 1 atom stereocenters. The van der Waals surface area contributed by atoms with Crippen LogP contribution in [-0.2, 0) is 11.4 Å². The molecule has 0 spiro atoms. The molecule has 2 fully saturated rings. The molecule has 0 radical (unpaired) electrons. The quantitative estimate of drug-likeness (QED) is 0.585. The number of piperidine rings is 2. The fourth-order valence-electron chi connectivity index (χ4n) is 1.60. The SMILES string of the molecule is C1CCNCC1.C1CCNCC1.Cl.O=S([O-])O. The summed E-state index contributed by atoms with van der Waals surface area (Å²) in [7, 11) is 0. The summed E-state index contributed by atoms with van der Waals surface area (Å²) in [6, 6.07) is 0. The monoisotopic (exact) mass is 287 g/mol. The van der Waals surface area contributed by atoms with Gasteiger partial charge in [0.25, 0.3) is 0 Å². The average molecular weight is 288 g/mol. The van der Waals surface area contributed by atoms with E-state index in [0.29, 0.717) is 0 Å². The summed E-state index contributed by atoms with van der Waals surface area (Å²) >= 11 is -2.86. The normalized spacial score (nSPS) is 20.6. The molecule has 2 aliphatic rings. The standard InChI is InChI=1S/2C5H11N.ClH.H2O3S/c2*1-2-4-6-5-3-1;;1-4(2)3/h2*6H,1-5H2;1H;(H2,1,2,3)/p-1. The Labute approximate surface area is 113 Å². The van der Waals surface area contributed by atoms with Crippen LogP contribution in [-0.4, -0.2) is 39.5 Å². The van der Waals surface area contributed by atoms with Gasteiger partial charge >= 0.3 is 0 Å². The van der Waals surface area contributed by atoms with Crippen LogP contribution in [0.4, 0.5) is 0 Å². The average Bonchev–Trinajstić information content (AvgIpc) is 2.34. The number of rotatable bonds is 0. The van der Waals surface area contributed by atoms with E-state index in [2.05, 4.69) is 10.6 Å². The van der Waals surface area contributed by atoms with E-state index in [-0.39, 0.29) is 12.4 Å². The molecular weight excluding hydrogens is 264 g/mol. The molecule has 0 bridgehead atoms. The molecule has 5 nitrogen and oxygen atoms in total. The lowest BCUT2D eigenvalue weighted by Crippen LogP contribution is -2.21. The van der Waals surface area contributed by atoms with Crippen LogP contribution in [0.25, 0.3) is 0 Å². The molecule has 0 aliphatic carbocycles. The van der Waals surface area contributed by atoms with E-state index in [1.165, 1.54) is 64.7 Å². The molecule has 2 heterocycles. The van der Waals surface area contributed by atoms with Gasteiger partial charge in [-0.15, -0.1) is 12.4 Å². The second-order valence-electron chi connectivity index (χ2n) is 3.84. The lowest BCUT2D eigenvalue weighted by Gasteiger charge is -2.08. The molecule has 2 saturated heterocycles. The predicted molar refractivity (Wildman–Crippen MR) is 72.2 cm³/mol. The summed E-state index contributed by atoms with van der Waals surface area (Å²) in [5, 5.41) is 6.57. The van der Waals surface area contributed by atoms with Gasteiger partial charge in [0.1, 0.15) is 0 Å². The molecule has 106 valence electrons. The van der Waals surface area contributed by atoms with Crippen molar-refractivity contribution in [1.82, 2.24) is 10.6 Å². The summed E-state index contributed by atoms with van der Waals surface area (Å²) in [6.45, 7) is 5.00. The van der Waals surface area contributed by atoms with Gasteiger partial charge < -0.3 is 19.7 Å². The molecule has 0 amide bonds. The highest BCUT2D eigenvalue weighted by Crippen LogP contribution is 1.97. The van der Waals surface area contributed by atoms with E-state index >= 15 is 0 Å². The van der Waals surface area contributed by atoms with Crippen molar-refractivity contribution >= 4 is 23.8 Å². The fraction of sp³-hybridized carbons (Fsp3) is 1.00. The van der Waals surface area contributed by atoms with Crippen molar-refractivity contribution in [1.29, 1.82) is 0 Å². The Morgan fingerprint density at radius 2 is 1.06 bits per heavy atom. The van der Waals surface area contributed by atoms with Crippen molar-refractivity contribution < 1.29 is 13.3 Å². The molecule has 3 N–H and O–H groups in total. The summed E-state index contributed by atoms with van der Waals surface area (Å²) in [5.41, 5.74) is 0. The highest BCUT2D eigenvalue weighted by Gasteiger charge is 1.94. The zero-order valence-electron chi connectivity index (χ0n) is 10.2. The summed E-state index contributed by atoms with van der Waals surface area (Å²) in [6.07, 6.45) is 8.43. The van der Waals surface area contributed by atoms with E-state index in [0.717, 1.165) is 0 Å². The third-order valence-corrected chi connectivity index (χ3v) is 2.41. The highest BCUT2D eigenvalue weighted by molar-refractivity contribution is 7.73. The number of halogens is 1. The van der Waals surface area contributed by atoms with Crippen LogP contribution in [0.1, 0.15) is 38.5 Å². The van der Waals surface area contributed by atoms with Crippen molar-refractivity contribution in [2.45, 2.75) is 38.5 Å². The van der Waals surface area contributed by atoms with Gasteiger partial charge in [0.2, 0.25) is 0 Å². The van der Waals surface area contributed by atoms with Crippen LogP contribution in [0.15, 0.2) is 0 Å². The molecule has 7 heteroatoms. The van der Waals surface area contributed by atoms with E-state index in [1.807, 2.05) is 0 Å². The van der Waals surface area contributed by atoms with Crippen molar-refractivity contribution in [3.63, 3.8) is 0 Å². The van der Waals surface area contributed by atoms with Crippen molar-refractivity contribution in [2.24, 2.45) is 0 Å². The first-order chi connectivity index (χ1) is 7.73. The number of hydrogen-bond acceptors (Lipinski definition) is 4. The minimum absolute atomic E-state index is 0. The molecule has 0 aromatic heterocycles. The van der Waals surface area contributed by atoms with Gasteiger partial charge in [0.05, 0.1) is 11.4 Å². The van der Waals surface area contributed by atoms with Gasteiger partial charge in [0.15, 0.2) is 0 Å². The maximum absolute atomic E-state index is 8.56. The van der Waals surface area contributed by atoms with Gasteiger partial charge in [-0.05, 0) is 51.9 Å². The fourth-order valence-corrected chi connectivity index (χ4v) is 1.60. The van der Waals surface area contributed by atoms with E-state index in [1.54, 1.807) is 0 Å². The molecule has 2 rings (SSSR count). The van der Waals surface area contributed by atoms with Gasteiger partial charge in [-0.25, -0.2) is 4.21 Å². The largest absolute Gasteiger partial charge is 0.750 e. The third-order valence-electron chi connectivity index (χ3n) is 2.41. The zero-order chi connectivity index (χ0) is 12.1. The van der Waals surface area contributed by atoms with Crippen LogP contribution in [0, 0.1) is 0 Å². The first kappa shape index (κ1) is 19.6. The van der Waals surface area contributed by atoms with Gasteiger partial charge in [-0.2, -0.15) is 0 Å². The first-order valence-corrected chi connectivity index (χ1v) is 6.96. The lowest BCUT2D eigenvalue weighted by molar-refractivity contribution is 0.436. The predicted octanol–water partition coefficient (Wildman–Crippen LogP) is 1.28. The molecular formula is C10H24ClN2O3S-. The smallest absolute Gasteiger partial charge is 0.0814 e. The molecule has 2 aliphatic heterocycles. The van der Waals surface area contributed by atoms with E-state index in [4.69, 9.17) is 13.3 Å². The lowest BCUT2D eigenvalue weighted by atomic mass is 10.2. The number of hydrogen-bond donors (Lipinski definition) is 3. The molecule has 0 saturated carbocycles. The Bertz CT molecular complexity index is 129. The topological polar surface area (TPSA) is 84.4 Å². The van der Waals surface area contributed by atoms with Crippen LogP contribution >= 0.6 is 12.4 Å². The van der Waals surface area contributed by atoms with Gasteiger partial charge in [-0.1, -0.05) is 12.8 Å². The Balaban J connectivity index is 0. The molecule has 0 aromatic carbocycles. The minimum atomic E-state index is -2.86.